The zero-order valence-electron chi connectivity index (χ0n) is 17.0. The van der Waals surface area contributed by atoms with Gasteiger partial charge in [0.2, 0.25) is 23.5 Å². The molecule has 0 aliphatic rings. The lowest BCUT2D eigenvalue weighted by Crippen LogP contribution is -2.18. The van der Waals surface area contributed by atoms with Gasteiger partial charge in [0.1, 0.15) is 5.82 Å². The molecule has 0 bridgehead atoms. The highest BCUT2D eigenvalue weighted by Crippen LogP contribution is 2.21. The highest BCUT2D eigenvalue weighted by Gasteiger charge is 2.13. The van der Waals surface area contributed by atoms with Crippen LogP contribution in [-0.2, 0) is 16.0 Å². The van der Waals surface area contributed by atoms with E-state index < -0.39 is 0 Å². The molecule has 2 amide bonds. The van der Waals surface area contributed by atoms with Crippen LogP contribution in [0.5, 0.6) is 0 Å². The normalized spacial score (nSPS) is 10.8. The first-order chi connectivity index (χ1) is 14.3. The van der Waals surface area contributed by atoms with E-state index in [1.165, 1.54) is 12.1 Å². The van der Waals surface area contributed by atoms with Gasteiger partial charge in [-0.25, -0.2) is 4.39 Å². The van der Waals surface area contributed by atoms with Gasteiger partial charge in [0.25, 0.3) is 0 Å². The number of aromatic nitrogens is 2. The number of hydrogen-bond acceptors (Lipinski definition) is 5. The molecule has 0 aliphatic carbocycles. The van der Waals surface area contributed by atoms with Crippen LogP contribution in [0.3, 0.4) is 0 Å². The van der Waals surface area contributed by atoms with Crippen LogP contribution in [-0.4, -0.2) is 22.0 Å². The molecule has 0 fully saturated rings. The van der Waals surface area contributed by atoms with Crippen LogP contribution in [0.25, 0.3) is 11.4 Å². The Balaban J connectivity index is 1.58. The summed E-state index contributed by atoms with van der Waals surface area (Å²) in [4.78, 5) is 28.5. The Bertz CT molecular complexity index is 1040. The summed E-state index contributed by atoms with van der Waals surface area (Å²) in [7, 11) is 0. The maximum atomic E-state index is 13.0. The average Bonchev–Trinajstić information content (AvgIpc) is 3.18. The summed E-state index contributed by atoms with van der Waals surface area (Å²) in [5, 5.41) is 9.53. The zero-order chi connectivity index (χ0) is 21.7. The Labute approximate surface area is 173 Å². The van der Waals surface area contributed by atoms with Crippen LogP contribution in [0, 0.1) is 18.7 Å². The molecule has 7 nitrogen and oxygen atoms in total. The summed E-state index contributed by atoms with van der Waals surface area (Å²) in [6, 6.07) is 11.1. The number of anilines is 2. The van der Waals surface area contributed by atoms with E-state index in [9.17, 15) is 14.0 Å². The third-order valence-corrected chi connectivity index (χ3v) is 4.44. The van der Waals surface area contributed by atoms with Gasteiger partial charge in [0, 0.05) is 35.7 Å². The molecule has 0 spiro atoms. The minimum atomic E-state index is -0.345. The van der Waals surface area contributed by atoms with Gasteiger partial charge < -0.3 is 15.2 Å². The van der Waals surface area contributed by atoms with Crippen molar-refractivity contribution in [1.82, 2.24) is 10.1 Å². The highest BCUT2D eigenvalue weighted by atomic mass is 19.1. The van der Waals surface area contributed by atoms with Crippen LogP contribution >= 0.6 is 0 Å². The lowest BCUT2D eigenvalue weighted by atomic mass is 10.1. The van der Waals surface area contributed by atoms with Crippen molar-refractivity contribution in [2.45, 2.75) is 33.6 Å². The molecule has 30 heavy (non-hydrogen) atoms. The first kappa shape index (κ1) is 21.2. The fourth-order valence-corrected chi connectivity index (χ4v) is 2.63. The van der Waals surface area contributed by atoms with Crippen LogP contribution in [0.4, 0.5) is 15.8 Å². The van der Waals surface area contributed by atoms with Gasteiger partial charge in [-0.15, -0.1) is 0 Å². The minimum Gasteiger partial charge on any atom is -0.339 e. The van der Waals surface area contributed by atoms with E-state index in [4.69, 9.17) is 4.52 Å². The third kappa shape index (κ3) is 5.50. The molecule has 3 aromatic rings. The van der Waals surface area contributed by atoms with E-state index in [2.05, 4.69) is 20.8 Å². The number of rotatable bonds is 7. The molecule has 3 rings (SSSR count). The molecule has 1 heterocycles. The highest BCUT2D eigenvalue weighted by molar-refractivity contribution is 5.95. The maximum absolute atomic E-state index is 13.0. The molecule has 2 aromatic carbocycles. The number of aryl methyl sites for hydroxylation is 2. The fraction of sp³-hybridized carbons (Fsp3) is 0.273. The second-order valence-electron chi connectivity index (χ2n) is 7.24. The van der Waals surface area contributed by atoms with Crippen LogP contribution < -0.4 is 10.6 Å². The second-order valence-corrected chi connectivity index (χ2v) is 7.24. The smallest absolute Gasteiger partial charge is 0.227 e. The zero-order valence-corrected chi connectivity index (χ0v) is 17.0. The number of benzene rings is 2. The first-order valence-corrected chi connectivity index (χ1v) is 9.61. The molecule has 0 atom stereocenters. The summed E-state index contributed by atoms with van der Waals surface area (Å²) in [5.74, 6) is -0.133. The predicted octanol–water partition coefficient (Wildman–Crippen LogP) is 4.35. The topological polar surface area (TPSA) is 97.1 Å². The molecule has 2 N–H and O–H groups in total. The van der Waals surface area contributed by atoms with Crippen molar-refractivity contribution < 1.29 is 18.5 Å². The van der Waals surface area contributed by atoms with Crippen molar-refractivity contribution >= 4 is 23.2 Å². The monoisotopic (exact) mass is 410 g/mol. The summed E-state index contributed by atoms with van der Waals surface area (Å²) in [5.41, 5.74) is 2.75. The minimum absolute atomic E-state index is 0.0931. The van der Waals surface area contributed by atoms with Crippen LogP contribution in [0.2, 0.25) is 0 Å². The molecule has 156 valence electrons. The van der Waals surface area contributed by atoms with E-state index >= 15 is 0 Å². The quantitative estimate of drug-likeness (QED) is 0.604. The van der Waals surface area contributed by atoms with Gasteiger partial charge in [-0.05, 0) is 48.9 Å². The molecule has 0 unspecified atom stereocenters. The Kier molecular flexibility index (Phi) is 6.56. The van der Waals surface area contributed by atoms with Crippen molar-refractivity contribution in [3.8, 4) is 11.4 Å². The lowest BCUT2D eigenvalue weighted by Gasteiger charge is -2.12. The third-order valence-electron chi connectivity index (χ3n) is 4.44. The Morgan fingerprint density at radius 3 is 2.53 bits per heavy atom. The van der Waals surface area contributed by atoms with Gasteiger partial charge >= 0.3 is 0 Å². The molecule has 1 aromatic heterocycles. The van der Waals surface area contributed by atoms with Gasteiger partial charge in [-0.2, -0.15) is 4.98 Å². The number of amides is 2. The van der Waals surface area contributed by atoms with Crippen molar-refractivity contribution in [3.63, 3.8) is 0 Å². The first-order valence-electron chi connectivity index (χ1n) is 9.61. The van der Waals surface area contributed by atoms with E-state index in [0.29, 0.717) is 28.7 Å². The summed E-state index contributed by atoms with van der Waals surface area (Å²) >= 11 is 0. The predicted molar refractivity (Wildman–Crippen MR) is 111 cm³/mol. The van der Waals surface area contributed by atoms with Crippen molar-refractivity contribution in [1.29, 1.82) is 0 Å². The SMILES string of the molecule is Cc1ccc(NC(=O)C(C)C)cc1NC(=O)CCc1nc(-c2ccc(F)cc2)no1. The standard InChI is InChI=1S/C22H23FN4O3/c1-13(2)22(29)24-17-9-4-14(3)18(12-17)25-19(28)10-11-20-26-21(27-30-20)15-5-7-16(23)8-6-15/h4-9,12-13H,10-11H2,1-3H3,(H,24,29)(H,25,28). The van der Waals surface area contributed by atoms with Crippen molar-refractivity contribution in [2.24, 2.45) is 5.92 Å². The molecule has 0 saturated carbocycles. The summed E-state index contributed by atoms with van der Waals surface area (Å²) < 4.78 is 18.2. The molecule has 0 saturated heterocycles. The average molecular weight is 410 g/mol. The molecule has 8 heteroatoms. The van der Waals surface area contributed by atoms with Crippen LogP contribution in [0.15, 0.2) is 47.0 Å². The Hall–Kier alpha value is -3.55. The number of halogens is 1. The largest absolute Gasteiger partial charge is 0.339 e. The van der Waals surface area contributed by atoms with E-state index in [0.717, 1.165) is 5.56 Å². The van der Waals surface area contributed by atoms with E-state index in [1.807, 2.05) is 26.8 Å². The number of hydrogen-bond donors (Lipinski definition) is 2. The molecular weight excluding hydrogens is 387 g/mol. The summed E-state index contributed by atoms with van der Waals surface area (Å²) in [6.45, 7) is 5.49. The fourth-order valence-electron chi connectivity index (χ4n) is 2.63. The number of nitrogens with zero attached hydrogens (tertiary/aromatic N) is 2. The van der Waals surface area contributed by atoms with E-state index in [-0.39, 0.29) is 36.4 Å². The van der Waals surface area contributed by atoms with Gasteiger partial charge in [-0.3, -0.25) is 9.59 Å². The maximum Gasteiger partial charge on any atom is 0.227 e. The number of carbonyl (C=O) groups is 2. The Morgan fingerprint density at radius 1 is 1.10 bits per heavy atom. The van der Waals surface area contributed by atoms with Gasteiger partial charge in [-0.1, -0.05) is 25.1 Å². The number of nitrogens with one attached hydrogen (secondary N) is 2. The van der Waals surface area contributed by atoms with Crippen LogP contribution in [0.1, 0.15) is 31.7 Å². The molecule has 0 aliphatic heterocycles. The molecular formula is C22H23FN4O3. The number of carbonyl (C=O) groups excluding carboxylic acids is 2. The van der Waals surface area contributed by atoms with Crippen molar-refractivity contribution in [3.05, 3.63) is 59.7 Å². The van der Waals surface area contributed by atoms with Gasteiger partial charge in [0.15, 0.2) is 0 Å². The van der Waals surface area contributed by atoms with Crippen molar-refractivity contribution in [2.75, 3.05) is 10.6 Å². The molecule has 0 radical (unpaired) electrons. The summed E-state index contributed by atoms with van der Waals surface area (Å²) in [6.07, 6.45) is 0.413. The Morgan fingerprint density at radius 2 is 1.83 bits per heavy atom. The lowest BCUT2D eigenvalue weighted by molar-refractivity contribution is -0.119. The second kappa shape index (κ2) is 9.30. The van der Waals surface area contributed by atoms with E-state index in [1.54, 1.807) is 24.3 Å². The van der Waals surface area contributed by atoms with Gasteiger partial charge in [0.05, 0.1) is 0 Å².